The van der Waals surface area contributed by atoms with Gasteiger partial charge in [0.1, 0.15) is 17.2 Å². The summed E-state index contributed by atoms with van der Waals surface area (Å²) in [5.41, 5.74) is 7.86. The third-order valence-electron chi connectivity index (χ3n) is 6.88. The highest BCUT2D eigenvalue weighted by Crippen LogP contribution is 2.30. The summed E-state index contributed by atoms with van der Waals surface area (Å²) in [4.78, 5) is 0. The van der Waals surface area contributed by atoms with Gasteiger partial charge in [-0.05, 0) is 72.8 Å². The first kappa shape index (κ1) is 22.9. The van der Waals surface area contributed by atoms with Gasteiger partial charge in [0.25, 0.3) is 0 Å². The van der Waals surface area contributed by atoms with Crippen LogP contribution in [0.2, 0.25) is 0 Å². The van der Waals surface area contributed by atoms with Crippen LogP contribution in [0.25, 0.3) is 50.7 Å². The number of aromatic nitrogens is 6. The van der Waals surface area contributed by atoms with Crippen LogP contribution in [0, 0.1) is 0 Å². The highest BCUT2D eigenvalue weighted by atomic mass is 16.5. The minimum absolute atomic E-state index is 0.795. The Morgan fingerprint density at radius 3 is 0.897 bits per heavy atom. The van der Waals surface area contributed by atoms with Crippen molar-refractivity contribution in [2.24, 2.45) is 0 Å². The molecule has 39 heavy (non-hydrogen) atoms. The maximum absolute atomic E-state index is 5.33. The van der Waals surface area contributed by atoms with E-state index in [1.165, 1.54) is 0 Å². The Kier molecular flexibility index (Phi) is 5.22. The highest BCUT2D eigenvalue weighted by Gasteiger charge is 2.19. The van der Waals surface area contributed by atoms with Gasteiger partial charge < -0.3 is 14.2 Å². The molecule has 0 bridgehead atoms. The summed E-state index contributed by atoms with van der Waals surface area (Å²) in [5, 5.41) is 14.9. The average molecular weight is 517 g/mol. The fourth-order valence-electron chi connectivity index (χ4n) is 4.78. The van der Waals surface area contributed by atoms with E-state index in [9.17, 15) is 0 Å². The SMILES string of the molecule is COc1ccc(-c2cc3n(n2)c2cc(-c4ccc(OC)cc4)nn2c2cc(-c4ccc(OC)cc4)nn32)cc1. The van der Waals surface area contributed by atoms with Gasteiger partial charge in [-0.25, -0.2) is 0 Å². The lowest BCUT2D eigenvalue weighted by molar-refractivity contribution is 0.415. The molecule has 0 spiro atoms. The van der Waals surface area contributed by atoms with Crippen LogP contribution in [0.3, 0.4) is 0 Å². The summed E-state index contributed by atoms with van der Waals surface area (Å²) in [5.74, 6) is 2.38. The van der Waals surface area contributed by atoms with E-state index in [4.69, 9.17) is 29.5 Å². The maximum Gasteiger partial charge on any atom is 0.162 e. The summed E-state index contributed by atoms with van der Waals surface area (Å²) in [7, 11) is 4.97. The van der Waals surface area contributed by atoms with Crippen molar-refractivity contribution >= 4 is 16.9 Å². The third kappa shape index (κ3) is 3.74. The molecule has 0 saturated heterocycles. The first-order valence-electron chi connectivity index (χ1n) is 12.4. The Bertz CT molecular complexity index is 1620. The van der Waals surface area contributed by atoms with Crippen molar-refractivity contribution < 1.29 is 14.2 Å². The Morgan fingerprint density at radius 1 is 0.410 bits per heavy atom. The molecule has 4 heterocycles. The molecule has 0 aliphatic rings. The minimum atomic E-state index is 0.795. The van der Waals surface area contributed by atoms with Gasteiger partial charge in [-0.15, -0.1) is 0 Å². The molecular weight excluding hydrogens is 492 g/mol. The van der Waals surface area contributed by atoms with Crippen LogP contribution in [0.1, 0.15) is 0 Å². The molecule has 0 unspecified atom stereocenters. The van der Waals surface area contributed by atoms with E-state index in [1.807, 2.05) is 105 Å². The van der Waals surface area contributed by atoms with Crippen molar-refractivity contribution in [3.05, 3.63) is 91.0 Å². The standard InChI is InChI=1S/C30H24N6O3/c1-37-22-10-4-19(5-11-22)25-16-28-34(31-25)29-17-26(20-6-12-23(38-2)13-7-20)33-36(29)30-18-27(32-35(28)30)21-8-14-24(39-3)15-9-21/h4-18H,1-3H3. The smallest absolute Gasteiger partial charge is 0.162 e. The molecule has 192 valence electrons. The average Bonchev–Trinajstić information content (AvgIpc) is 3.74. The number of hydrogen-bond donors (Lipinski definition) is 0. The Morgan fingerprint density at radius 2 is 0.667 bits per heavy atom. The van der Waals surface area contributed by atoms with Gasteiger partial charge in [0.05, 0.1) is 38.4 Å². The van der Waals surface area contributed by atoms with E-state index in [0.29, 0.717) is 0 Å². The fourth-order valence-corrected chi connectivity index (χ4v) is 4.78. The zero-order valence-corrected chi connectivity index (χ0v) is 21.6. The molecule has 0 saturated carbocycles. The van der Waals surface area contributed by atoms with Crippen LogP contribution in [0.15, 0.2) is 91.0 Å². The first-order chi connectivity index (χ1) is 19.1. The number of methoxy groups -OCH3 is 3. The normalized spacial score (nSPS) is 11.5. The van der Waals surface area contributed by atoms with Gasteiger partial charge >= 0.3 is 0 Å². The maximum atomic E-state index is 5.33. The summed E-state index contributed by atoms with van der Waals surface area (Å²) in [6.45, 7) is 0. The number of nitrogens with zero attached hydrogens (tertiary/aromatic N) is 6. The van der Waals surface area contributed by atoms with Crippen molar-refractivity contribution in [1.29, 1.82) is 0 Å². The summed E-state index contributed by atoms with van der Waals surface area (Å²) >= 11 is 0. The predicted octanol–water partition coefficient (Wildman–Crippen LogP) is 5.66. The van der Waals surface area contributed by atoms with Crippen molar-refractivity contribution in [2.45, 2.75) is 0 Å². The van der Waals surface area contributed by atoms with E-state index in [2.05, 4.69) is 0 Å². The lowest BCUT2D eigenvalue weighted by Gasteiger charge is -2.02. The molecule has 7 rings (SSSR count). The van der Waals surface area contributed by atoms with Gasteiger partial charge in [0.2, 0.25) is 0 Å². The summed E-state index contributed by atoms with van der Waals surface area (Å²) in [6.07, 6.45) is 0. The van der Waals surface area contributed by atoms with E-state index in [-0.39, 0.29) is 0 Å². The zero-order chi connectivity index (χ0) is 26.5. The number of hydrogen-bond acceptors (Lipinski definition) is 6. The second kappa shape index (κ2) is 8.91. The van der Waals surface area contributed by atoms with Crippen LogP contribution in [0.5, 0.6) is 17.2 Å². The quantitative estimate of drug-likeness (QED) is 0.284. The van der Waals surface area contributed by atoms with Crippen LogP contribution >= 0.6 is 0 Å². The second-order valence-electron chi connectivity index (χ2n) is 9.08. The Balaban J connectivity index is 1.47. The number of fused-ring (bicyclic) bond motifs is 6. The molecule has 0 fully saturated rings. The monoisotopic (exact) mass is 516 g/mol. The molecule has 0 N–H and O–H groups in total. The van der Waals surface area contributed by atoms with Crippen molar-refractivity contribution in [3.63, 3.8) is 0 Å². The highest BCUT2D eigenvalue weighted by molar-refractivity contribution is 5.75. The van der Waals surface area contributed by atoms with E-state index in [0.717, 1.165) is 68.0 Å². The molecular formula is C30H24N6O3. The second-order valence-corrected chi connectivity index (χ2v) is 9.08. The molecule has 0 radical (unpaired) electrons. The molecule has 3 aromatic carbocycles. The van der Waals surface area contributed by atoms with Gasteiger partial charge in [-0.3, -0.25) is 0 Å². The van der Waals surface area contributed by atoms with Gasteiger partial charge in [-0.1, -0.05) is 0 Å². The third-order valence-corrected chi connectivity index (χ3v) is 6.88. The van der Waals surface area contributed by atoms with Crippen molar-refractivity contribution in [2.75, 3.05) is 21.3 Å². The fraction of sp³-hybridized carbons (Fsp3) is 0.100. The van der Waals surface area contributed by atoms with Crippen LogP contribution in [0.4, 0.5) is 0 Å². The van der Waals surface area contributed by atoms with Crippen molar-refractivity contribution in [1.82, 2.24) is 28.8 Å². The molecule has 4 aromatic heterocycles. The number of ether oxygens (including phenoxy) is 3. The van der Waals surface area contributed by atoms with Crippen LogP contribution < -0.4 is 14.2 Å². The Labute approximate surface area is 223 Å². The summed E-state index contributed by atoms with van der Waals surface area (Å²) in [6, 6.07) is 29.7. The molecule has 0 amide bonds. The Hall–Kier alpha value is -5.31. The molecule has 9 heteroatoms. The molecule has 9 nitrogen and oxygen atoms in total. The topological polar surface area (TPSA) is 79.6 Å². The zero-order valence-electron chi connectivity index (χ0n) is 21.6. The number of rotatable bonds is 6. The van der Waals surface area contributed by atoms with E-state index in [1.54, 1.807) is 21.3 Å². The van der Waals surface area contributed by atoms with Crippen LogP contribution in [-0.2, 0) is 0 Å². The van der Waals surface area contributed by atoms with E-state index < -0.39 is 0 Å². The minimum Gasteiger partial charge on any atom is -0.497 e. The molecule has 7 aromatic rings. The van der Waals surface area contributed by atoms with Gasteiger partial charge in [0, 0.05) is 34.9 Å². The first-order valence-corrected chi connectivity index (χ1v) is 12.4. The van der Waals surface area contributed by atoms with Gasteiger partial charge in [-0.2, -0.15) is 28.8 Å². The molecule has 0 aliphatic carbocycles. The lowest BCUT2D eigenvalue weighted by Crippen LogP contribution is -2.04. The molecule has 0 aliphatic heterocycles. The van der Waals surface area contributed by atoms with Crippen LogP contribution in [-0.4, -0.2) is 50.2 Å². The predicted molar refractivity (Wildman–Crippen MR) is 149 cm³/mol. The number of benzene rings is 3. The largest absolute Gasteiger partial charge is 0.497 e. The van der Waals surface area contributed by atoms with Crippen molar-refractivity contribution in [3.8, 4) is 51.0 Å². The molecule has 0 atom stereocenters. The lowest BCUT2D eigenvalue weighted by atomic mass is 10.1. The summed E-state index contributed by atoms with van der Waals surface area (Å²) < 4.78 is 21.7. The van der Waals surface area contributed by atoms with E-state index >= 15 is 0 Å². The van der Waals surface area contributed by atoms with Gasteiger partial charge in [0.15, 0.2) is 16.9 Å².